The number of esters is 1. The van der Waals surface area contributed by atoms with Crippen LogP contribution in [-0.4, -0.2) is 31.1 Å². The molecule has 5 heteroatoms. The third-order valence-corrected chi connectivity index (χ3v) is 2.11. The van der Waals surface area contributed by atoms with E-state index in [9.17, 15) is 4.79 Å². The van der Waals surface area contributed by atoms with Crippen LogP contribution in [0.2, 0.25) is 0 Å². The molecule has 0 unspecified atom stereocenters. The van der Waals surface area contributed by atoms with E-state index in [0.29, 0.717) is 13.2 Å². The Morgan fingerprint density at radius 1 is 1.67 bits per heavy atom. The van der Waals surface area contributed by atoms with Gasteiger partial charge in [0.1, 0.15) is 11.1 Å². The van der Waals surface area contributed by atoms with E-state index in [0.717, 1.165) is 0 Å². The second-order valence-electron chi connectivity index (χ2n) is 3.60. The molecule has 86 valence electrons. The van der Waals surface area contributed by atoms with Gasteiger partial charge in [0.05, 0.1) is 13.2 Å². The van der Waals surface area contributed by atoms with Crippen LogP contribution in [0.4, 0.5) is 0 Å². The molecule has 1 saturated heterocycles. The average Bonchev–Trinajstić information content (AvgIpc) is 2.46. The summed E-state index contributed by atoms with van der Waals surface area (Å²) in [6.45, 7) is 6.03. The molecule has 0 aromatic rings. The van der Waals surface area contributed by atoms with Crippen LogP contribution in [0, 0.1) is 0 Å². The van der Waals surface area contributed by atoms with Crippen LogP contribution in [0.15, 0.2) is 11.1 Å². The van der Waals surface area contributed by atoms with E-state index in [-0.39, 0.29) is 11.1 Å². The minimum atomic E-state index is -0.618. The fourth-order valence-electron chi connectivity index (χ4n) is 1.23. The van der Waals surface area contributed by atoms with Crippen molar-refractivity contribution in [3.63, 3.8) is 0 Å². The van der Waals surface area contributed by atoms with Gasteiger partial charge in [-0.2, -0.15) is 0 Å². The highest BCUT2D eigenvalue weighted by molar-refractivity contribution is 6.41. The number of hydrogen-bond donors (Lipinski definition) is 0. The molecule has 0 saturated carbocycles. The molecular formula is C10H15ClO4. The van der Waals surface area contributed by atoms with Gasteiger partial charge in [0.25, 0.3) is 0 Å². The number of carbonyl (C=O) groups excluding carboxylic acids is 1. The fourth-order valence-corrected chi connectivity index (χ4v) is 1.42. The van der Waals surface area contributed by atoms with Crippen molar-refractivity contribution in [3.8, 4) is 0 Å². The average molecular weight is 235 g/mol. The third kappa shape index (κ3) is 3.81. The Kier molecular flexibility index (Phi) is 4.13. The van der Waals surface area contributed by atoms with E-state index < -0.39 is 11.8 Å². The van der Waals surface area contributed by atoms with Gasteiger partial charge in [-0.3, -0.25) is 0 Å². The normalized spacial score (nSPS) is 25.3. The number of rotatable bonds is 3. The molecule has 4 nitrogen and oxygen atoms in total. The van der Waals surface area contributed by atoms with Gasteiger partial charge in [0, 0.05) is 0 Å². The van der Waals surface area contributed by atoms with E-state index in [4.69, 9.17) is 25.8 Å². The Balaban J connectivity index is 2.53. The van der Waals surface area contributed by atoms with Crippen molar-refractivity contribution >= 4 is 17.6 Å². The van der Waals surface area contributed by atoms with Gasteiger partial charge in [-0.05, 0) is 26.8 Å². The monoisotopic (exact) mass is 234 g/mol. The van der Waals surface area contributed by atoms with Gasteiger partial charge in [-0.25, -0.2) is 4.79 Å². The molecule has 1 aliphatic rings. The summed E-state index contributed by atoms with van der Waals surface area (Å²) in [5, 5.41) is 0.0307. The van der Waals surface area contributed by atoms with Gasteiger partial charge < -0.3 is 14.2 Å². The van der Waals surface area contributed by atoms with Crippen LogP contribution in [0.25, 0.3) is 0 Å². The predicted octanol–water partition coefficient (Wildman–Crippen LogP) is 1.82. The van der Waals surface area contributed by atoms with Crippen LogP contribution in [0.1, 0.15) is 20.8 Å². The molecule has 1 aliphatic heterocycles. The van der Waals surface area contributed by atoms with Crippen molar-refractivity contribution in [2.45, 2.75) is 32.7 Å². The molecule has 1 atom stereocenters. The van der Waals surface area contributed by atoms with Crippen LogP contribution in [-0.2, 0) is 19.0 Å². The minimum absolute atomic E-state index is 0.0307. The van der Waals surface area contributed by atoms with Crippen molar-refractivity contribution < 1.29 is 19.0 Å². The largest absolute Gasteiger partial charge is 0.462 e. The van der Waals surface area contributed by atoms with E-state index in [1.165, 1.54) is 6.08 Å². The van der Waals surface area contributed by atoms with E-state index in [2.05, 4.69) is 0 Å². The highest BCUT2D eigenvalue weighted by Gasteiger charge is 2.32. The summed E-state index contributed by atoms with van der Waals surface area (Å²) in [4.78, 5) is 11.2. The van der Waals surface area contributed by atoms with Gasteiger partial charge >= 0.3 is 5.97 Å². The molecule has 0 aromatic carbocycles. The highest BCUT2D eigenvalue weighted by Crippen LogP contribution is 2.24. The Morgan fingerprint density at radius 3 is 2.80 bits per heavy atom. The Labute approximate surface area is 94.1 Å². The summed E-state index contributed by atoms with van der Waals surface area (Å²) in [6.07, 6.45) is 1.21. The van der Waals surface area contributed by atoms with E-state index in [1.807, 2.05) is 0 Å². The van der Waals surface area contributed by atoms with Crippen molar-refractivity contribution in [2.75, 3.05) is 13.2 Å². The number of ether oxygens (including phenoxy) is 3. The molecule has 0 radical (unpaired) electrons. The maximum Gasteiger partial charge on any atom is 0.349 e. The lowest BCUT2D eigenvalue weighted by Crippen LogP contribution is -2.21. The van der Waals surface area contributed by atoms with Crippen LogP contribution < -0.4 is 0 Å². The highest BCUT2D eigenvalue weighted by atomic mass is 35.5. The molecule has 0 aliphatic carbocycles. The van der Waals surface area contributed by atoms with Gasteiger partial charge in [0.15, 0.2) is 5.79 Å². The quantitative estimate of drug-likeness (QED) is 0.552. The molecule has 15 heavy (non-hydrogen) atoms. The van der Waals surface area contributed by atoms with Crippen LogP contribution in [0.5, 0.6) is 0 Å². The predicted molar refractivity (Wildman–Crippen MR) is 55.5 cm³/mol. The zero-order valence-corrected chi connectivity index (χ0v) is 9.84. The summed E-state index contributed by atoms with van der Waals surface area (Å²) >= 11 is 5.73. The second kappa shape index (κ2) is 4.96. The fraction of sp³-hybridized carbons (Fsp3) is 0.700. The molecule has 0 amide bonds. The topological polar surface area (TPSA) is 44.8 Å². The first kappa shape index (κ1) is 12.5. The zero-order chi connectivity index (χ0) is 11.5. The Hall–Kier alpha value is -0.580. The molecule has 0 N–H and O–H groups in total. The number of carbonyl (C=O) groups is 1. The summed E-state index contributed by atoms with van der Waals surface area (Å²) < 4.78 is 15.5. The lowest BCUT2D eigenvalue weighted by atomic mass is 10.3. The first-order valence-corrected chi connectivity index (χ1v) is 5.18. The first-order valence-electron chi connectivity index (χ1n) is 4.81. The summed E-state index contributed by atoms with van der Waals surface area (Å²) in [6, 6.07) is 0. The zero-order valence-electron chi connectivity index (χ0n) is 9.08. The molecule has 0 bridgehead atoms. The van der Waals surface area contributed by atoms with Crippen molar-refractivity contribution in [2.24, 2.45) is 0 Å². The van der Waals surface area contributed by atoms with Gasteiger partial charge in [-0.1, -0.05) is 11.6 Å². The Morgan fingerprint density at radius 2 is 2.33 bits per heavy atom. The molecule has 1 rings (SSSR count). The lowest BCUT2D eigenvalue weighted by molar-refractivity contribution is -0.138. The van der Waals surface area contributed by atoms with Crippen molar-refractivity contribution in [1.29, 1.82) is 0 Å². The second-order valence-corrected chi connectivity index (χ2v) is 4.01. The molecule has 0 aromatic heterocycles. The van der Waals surface area contributed by atoms with Crippen LogP contribution in [0.3, 0.4) is 0 Å². The Bertz CT molecular complexity index is 273. The summed E-state index contributed by atoms with van der Waals surface area (Å²) in [5.74, 6) is -1.15. The SMILES string of the molecule is CCOC(=O)/C(Cl)=C\[C@H]1COC(C)(C)O1. The number of hydrogen-bond acceptors (Lipinski definition) is 4. The summed E-state index contributed by atoms with van der Waals surface area (Å²) in [7, 11) is 0. The number of halogens is 1. The standard InChI is InChI=1S/C10H15ClO4/c1-4-13-9(12)8(11)5-7-6-14-10(2,3)15-7/h5,7H,4,6H2,1-3H3/b8-5+/t7-/m0/s1. The van der Waals surface area contributed by atoms with E-state index in [1.54, 1.807) is 20.8 Å². The smallest absolute Gasteiger partial charge is 0.349 e. The maximum atomic E-state index is 11.2. The van der Waals surface area contributed by atoms with Gasteiger partial charge in [-0.15, -0.1) is 0 Å². The summed E-state index contributed by atoms with van der Waals surface area (Å²) in [5.41, 5.74) is 0. The molecule has 1 fully saturated rings. The molecule has 0 spiro atoms. The van der Waals surface area contributed by atoms with Gasteiger partial charge in [0.2, 0.25) is 0 Å². The minimum Gasteiger partial charge on any atom is -0.462 e. The first-order chi connectivity index (χ1) is 6.94. The lowest BCUT2D eigenvalue weighted by Gasteiger charge is -2.15. The molecular weight excluding hydrogens is 220 g/mol. The maximum absolute atomic E-state index is 11.2. The third-order valence-electron chi connectivity index (χ3n) is 1.83. The van der Waals surface area contributed by atoms with Crippen LogP contribution >= 0.6 is 11.6 Å². The van der Waals surface area contributed by atoms with Crippen molar-refractivity contribution in [1.82, 2.24) is 0 Å². The van der Waals surface area contributed by atoms with Crippen molar-refractivity contribution in [3.05, 3.63) is 11.1 Å². The van der Waals surface area contributed by atoms with E-state index >= 15 is 0 Å². The molecule has 1 heterocycles.